The molecule has 1 unspecified atom stereocenters. The minimum atomic E-state index is 0.393. The second kappa shape index (κ2) is 3.62. The number of hydrogen-bond donors (Lipinski definition) is 2. The minimum Gasteiger partial charge on any atom is -0.383 e. The number of nitrogens with two attached hydrogens (primary N) is 1. The molecule has 1 aliphatic rings. The van der Waals surface area contributed by atoms with Crippen molar-refractivity contribution in [2.24, 2.45) is 5.73 Å². The van der Waals surface area contributed by atoms with Crippen molar-refractivity contribution in [3.05, 3.63) is 29.8 Å². The van der Waals surface area contributed by atoms with Crippen LogP contribution < -0.4 is 11.1 Å². The molecular formula is C12H18N2. The van der Waals surface area contributed by atoms with Gasteiger partial charge in [-0.3, -0.25) is 0 Å². The van der Waals surface area contributed by atoms with E-state index in [2.05, 4.69) is 43.4 Å². The molecule has 0 radical (unpaired) electrons. The first-order valence-corrected chi connectivity index (χ1v) is 5.29. The average molecular weight is 190 g/mol. The fourth-order valence-corrected chi connectivity index (χ4v) is 1.79. The van der Waals surface area contributed by atoms with E-state index in [0.717, 1.165) is 6.42 Å². The summed E-state index contributed by atoms with van der Waals surface area (Å²) in [5.74, 6) is 0.601. The van der Waals surface area contributed by atoms with E-state index in [1.54, 1.807) is 0 Å². The first kappa shape index (κ1) is 9.53. The van der Waals surface area contributed by atoms with Crippen LogP contribution >= 0.6 is 0 Å². The average Bonchev–Trinajstić information content (AvgIpc) is 2.82. The van der Waals surface area contributed by atoms with E-state index in [1.165, 1.54) is 11.3 Å². The zero-order valence-corrected chi connectivity index (χ0v) is 8.83. The van der Waals surface area contributed by atoms with Crippen molar-refractivity contribution in [2.75, 3.05) is 5.32 Å². The van der Waals surface area contributed by atoms with E-state index < -0.39 is 0 Å². The summed E-state index contributed by atoms with van der Waals surface area (Å²) >= 11 is 0. The summed E-state index contributed by atoms with van der Waals surface area (Å²) in [5.41, 5.74) is 8.41. The zero-order valence-electron chi connectivity index (χ0n) is 8.83. The fourth-order valence-electron chi connectivity index (χ4n) is 1.79. The molecule has 76 valence electrons. The van der Waals surface area contributed by atoms with Crippen LogP contribution in [0.1, 0.15) is 31.7 Å². The Balaban J connectivity index is 2.11. The van der Waals surface area contributed by atoms with Crippen LogP contribution in [0.15, 0.2) is 24.3 Å². The third-order valence-corrected chi connectivity index (χ3v) is 2.61. The summed E-state index contributed by atoms with van der Waals surface area (Å²) < 4.78 is 0. The Bertz CT molecular complexity index is 320. The van der Waals surface area contributed by atoms with Gasteiger partial charge in [0.1, 0.15) is 0 Å². The van der Waals surface area contributed by atoms with E-state index in [4.69, 9.17) is 5.73 Å². The quantitative estimate of drug-likeness (QED) is 0.767. The lowest BCUT2D eigenvalue weighted by Crippen LogP contribution is -2.09. The summed E-state index contributed by atoms with van der Waals surface area (Å²) in [6, 6.07) is 9.48. The second-order valence-corrected chi connectivity index (χ2v) is 4.43. The maximum atomic E-state index is 5.83. The third kappa shape index (κ3) is 2.07. The first-order chi connectivity index (χ1) is 6.66. The molecule has 0 bridgehead atoms. The summed E-state index contributed by atoms with van der Waals surface area (Å²) in [6.45, 7) is 4.30. The molecule has 1 aromatic rings. The van der Waals surface area contributed by atoms with Gasteiger partial charge in [0.25, 0.3) is 0 Å². The predicted octanol–water partition coefficient (Wildman–Crippen LogP) is 2.32. The lowest BCUT2D eigenvalue weighted by atomic mass is 10.1. The predicted molar refractivity (Wildman–Crippen MR) is 60.5 cm³/mol. The van der Waals surface area contributed by atoms with Crippen LogP contribution in [-0.2, 0) is 0 Å². The van der Waals surface area contributed by atoms with E-state index in [1.807, 2.05) is 0 Å². The molecule has 0 aliphatic heterocycles. The van der Waals surface area contributed by atoms with Crippen LogP contribution in [0.25, 0.3) is 0 Å². The normalized spacial score (nSPS) is 25.1. The summed E-state index contributed by atoms with van der Waals surface area (Å²) in [4.78, 5) is 0. The molecule has 2 nitrogen and oxygen atoms in total. The maximum Gasteiger partial charge on any atom is 0.0344 e. The second-order valence-electron chi connectivity index (χ2n) is 4.43. The molecule has 2 rings (SSSR count). The van der Waals surface area contributed by atoms with Crippen molar-refractivity contribution in [3.63, 3.8) is 0 Å². The van der Waals surface area contributed by atoms with Crippen LogP contribution in [0.4, 0.5) is 5.69 Å². The van der Waals surface area contributed by atoms with Crippen molar-refractivity contribution < 1.29 is 0 Å². The third-order valence-electron chi connectivity index (χ3n) is 2.61. The topological polar surface area (TPSA) is 38.0 Å². The Labute approximate surface area is 85.5 Å². The largest absolute Gasteiger partial charge is 0.383 e. The molecule has 0 saturated heterocycles. The number of rotatable bonds is 3. The lowest BCUT2D eigenvalue weighted by Gasteiger charge is -2.10. The van der Waals surface area contributed by atoms with Crippen LogP contribution in [-0.4, -0.2) is 12.1 Å². The van der Waals surface area contributed by atoms with Crippen LogP contribution in [0.5, 0.6) is 0 Å². The van der Waals surface area contributed by atoms with Gasteiger partial charge in [-0.25, -0.2) is 0 Å². The Morgan fingerprint density at radius 3 is 2.71 bits per heavy atom. The zero-order chi connectivity index (χ0) is 10.1. The molecule has 1 aromatic carbocycles. The van der Waals surface area contributed by atoms with E-state index >= 15 is 0 Å². The molecule has 1 saturated carbocycles. The lowest BCUT2D eigenvalue weighted by molar-refractivity contribution is 0.898. The summed E-state index contributed by atoms with van der Waals surface area (Å²) in [5, 5.41) is 3.40. The van der Waals surface area contributed by atoms with Crippen LogP contribution in [0, 0.1) is 0 Å². The molecular weight excluding hydrogens is 172 g/mol. The molecule has 2 heteroatoms. The van der Waals surface area contributed by atoms with E-state index in [9.17, 15) is 0 Å². The molecule has 0 spiro atoms. The fraction of sp³-hybridized carbons (Fsp3) is 0.500. The SMILES string of the molecule is CC(C)Nc1cccc(C2C[C@H]2N)c1. The first-order valence-electron chi connectivity index (χ1n) is 5.29. The van der Waals surface area contributed by atoms with E-state index in [-0.39, 0.29) is 0 Å². The molecule has 2 atom stereocenters. The van der Waals surface area contributed by atoms with Crippen molar-refractivity contribution in [3.8, 4) is 0 Å². The number of nitrogens with one attached hydrogen (secondary N) is 1. The molecule has 14 heavy (non-hydrogen) atoms. The number of hydrogen-bond acceptors (Lipinski definition) is 2. The van der Waals surface area contributed by atoms with Gasteiger partial charge < -0.3 is 11.1 Å². The highest BCUT2D eigenvalue weighted by Gasteiger charge is 2.34. The van der Waals surface area contributed by atoms with Gasteiger partial charge in [0.15, 0.2) is 0 Å². The minimum absolute atomic E-state index is 0.393. The van der Waals surface area contributed by atoms with Gasteiger partial charge in [-0.2, -0.15) is 0 Å². The van der Waals surface area contributed by atoms with Gasteiger partial charge in [0, 0.05) is 23.7 Å². The van der Waals surface area contributed by atoms with Crippen LogP contribution in [0.2, 0.25) is 0 Å². The van der Waals surface area contributed by atoms with E-state index in [0.29, 0.717) is 18.0 Å². The highest BCUT2D eigenvalue weighted by Crippen LogP contribution is 2.39. The number of anilines is 1. The van der Waals surface area contributed by atoms with Crippen LogP contribution in [0.3, 0.4) is 0 Å². The summed E-state index contributed by atoms with van der Waals surface area (Å²) in [7, 11) is 0. The molecule has 1 fully saturated rings. The van der Waals surface area contributed by atoms with Gasteiger partial charge in [-0.15, -0.1) is 0 Å². The Hall–Kier alpha value is -1.02. The van der Waals surface area contributed by atoms with Gasteiger partial charge in [-0.1, -0.05) is 12.1 Å². The van der Waals surface area contributed by atoms with Crippen molar-refractivity contribution >= 4 is 5.69 Å². The van der Waals surface area contributed by atoms with Crippen molar-refractivity contribution in [1.29, 1.82) is 0 Å². The molecule has 1 aliphatic carbocycles. The van der Waals surface area contributed by atoms with Gasteiger partial charge in [0.2, 0.25) is 0 Å². The Morgan fingerprint density at radius 2 is 2.14 bits per heavy atom. The highest BCUT2D eigenvalue weighted by atomic mass is 14.9. The van der Waals surface area contributed by atoms with Gasteiger partial charge in [-0.05, 0) is 38.0 Å². The van der Waals surface area contributed by atoms with Gasteiger partial charge in [0.05, 0.1) is 0 Å². The van der Waals surface area contributed by atoms with Crippen molar-refractivity contribution in [1.82, 2.24) is 0 Å². The Kier molecular flexibility index (Phi) is 2.46. The highest BCUT2D eigenvalue weighted by molar-refractivity contribution is 5.48. The smallest absolute Gasteiger partial charge is 0.0344 e. The number of benzene rings is 1. The Morgan fingerprint density at radius 1 is 1.43 bits per heavy atom. The molecule has 3 N–H and O–H groups in total. The maximum absolute atomic E-state index is 5.83. The molecule has 0 amide bonds. The standard InChI is InChI=1S/C12H18N2/c1-8(2)14-10-5-3-4-9(6-10)11-7-12(11)13/h3-6,8,11-12,14H,7,13H2,1-2H3/t11?,12-/m1/s1. The summed E-state index contributed by atoms with van der Waals surface area (Å²) in [6.07, 6.45) is 1.14. The van der Waals surface area contributed by atoms with Crippen molar-refractivity contribution in [2.45, 2.75) is 38.3 Å². The van der Waals surface area contributed by atoms with Gasteiger partial charge >= 0.3 is 0 Å². The molecule has 0 heterocycles. The monoisotopic (exact) mass is 190 g/mol. The molecule has 0 aromatic heterocycles.